The zero-order valence-electron chi connectivity index (χ0n) is 12.0. The van der Waals surface area contributed by atoms with Crippen molar-refractivity contribution >= 4 is 61.5 Å². The molecular weight excluding hydrogens is 237 g/mol. The number of hydrogen-bond donors (Lipinski definition) is 0. The molecule has 3 aromatic rings. The van der Waals surface area contributed by atoms with E-state index in [1.165, 1.54) is 11.1 Å². The Morgan fingerprint density at radius 3 is 2.10 bits per heavy atom. The predicted molar refractivity (Wildman–Crippen MR) is 91.8 cm³/mol. The summed E-state index contributed by atoms with van der Waals surface area (Å²) in [6.07, 6.45) is 0. The van der Waals surface area contributed by atoms with Crippen LogP contribution in [0.2, 0.25) is 0 Å². The second kappa shape index (κ2) is 4.44. The molecule has 0 aliphatic heterocycles. The van der Waals surface area contributed by atoms with Crippen molar-refractivity contribution in [1.29, 1.82) is 0 Å². The third kappa shape index (κ3) is 1.72. The average Bonchev–Trinajstić information content (AvgIpc) is 2.42. The Balaban J connectivity index is 2.63. The summed E-state index contributed by atoms with van der Waals surface area (Å²) >= 11 is 0. The van der Waals surface area contributed by atoms with E-state index in [1.54, 1.807) is 0 Å². The van der Waals surface area contributed by atoms with Gasteiger partial charge in [0, 0.05) is 0 Å². The summed E-state index contributed by atoms with van der Waals surface area (Å²) in [6.45, 7) is 6.24. The van der Waals surface area contributed by atoms with E-state index in [1.807, 2.05) is 18.2 Å². The zero-order valence-corrected chi connectivity index (χ0v) is 12.0. The lowest BCUT2D eigenvalue weighted by Crippen LogP contribution is -2.18. The number of benzene rings is 3. The molecule has 0 atom stereocenters. The summed E-state index contributed by atoms with van der Waals surface area (Å²) in [5, 5.41) is 4.13. The third-order valence-corrected chi connectivity index (χ3v) is 4.40. The van der Waals surface area contributed by atoms with Crippen molar-refractivity contribution in [3.8, 4) is 0 Å². The molecule has 3 heteroatoms. The molecule has 0 nitrogen and oxygen atoms in total. The molecule has 90 valence electrons. The van der Waals surface area contributed by atoms with Gasteiger partial charge in [0.25, 0.3) is 0 Å². The monoisotopic (exact) mass is 250 g/mol. The number of hydrogen-bond acceptors (Lipinski definition) is 0. The van der Waals surface area contributed by atoms with Gasteiger partial charge in [-0.15, -0.1) is 0 Å². The van der Waals surface area contributed by atoms with Gasteiger partial charge in [-0.3, -0.25) is 0 Å². The molecule has 0 unspecified atom stereocenters. The SMILES string of the molecule is [B]c1ccc2c([B])c3c(C)c(C)c(C)c([B])c3cc2c1. The molecule has 6 radical (unpaired) electrons. The molecule has 0 aromatic heterocycles. The Kier molecular flexibility index (Phi) is 2.97. The smallest absolute Gasteiger partial charge is 0.0960 e. The van der Waals surface area contributed by atoms with Crippen molar-refractivity contribution in [2.45, 2.75) is 20.8 Å². The first-order chi connectivity index (χ1) is 9.41. The minimum atomic E-state index is 0.732. The normalized spacial score (nSPS) is 11.3. The molecule has 0 saturated heterocycles. The molecular formula is C17H13B3. The van der Waals surface area contributed by atoms with E-state index in [2.05, 4.69) is 26.8 Å². The van der Waals surface area contributed by atoms with Crippen LogP contribution in [-0.4, -0.2) is 23.5 Å². The summed E-state index contributed by atoms with van der Waals surface area (Å²) in [5.74, 6) is 0. The maximum Gasteiger partial charge on any atom is 0.115 e. The van der Waals surface area contributed by atoms with Crippen molar-refractivity contribution in [3.63, 3.8) is 0 Å². The van der Waals surface area contributed by atoms with Crippen LogP contribution in [0.3, 0.4) is 0 Å². The Hall–Kier alpha value is -1.63. The van der Waals surface area contributed by atoms with Crippen LogP contribution in [0.25, 0.3) is 21.5 Å². The standard InChI is InChI=1S/C17H13B3/c1-8-9(2)15-14(16(19)10(8)3)7-11-6-12(18)4-5-13(11)17(15)20/h4-7H,1-3H3. The van der Waals surface area contributed by atoms with Gasteiger partial charge in [0.1, 0.15) is 23.5 Å². The Morgan fingerprint density at radius 2 is 1.40 bits per heavy atom. The first kappa shape index (κ1) is 13.4. The molecule has 0 fully saturated rings. The second-order valence-electron chi connectivity index (χ2n) is 5.48. The van der Waals surface area contributed by atoms with E-state index in [9.17, 15) is 0 Å². The van der Waals surface area contributed by atoms with Crippen molar-refractivity contribution in [3.05, 3.63) is 41.0 Å². The quantitative estimate of drug-likeness (QED) is 0.416. The summed E-state index contributed by atoms with van der Waals surface area (Å²) in [4.78, 5) is 0. The molecule has 0 aliphatic rings. The molecule has 0 spiro atoms. The fraction of sp³-hybridized carbons (Fsp3) is 0.176. The minimum absolute atomic E-state index is 0.732. The molecule has 0 amide bonds. The number of rotatable bonds is 0. The summed E-state index contributed by atoms with van der Waals surface area (Å²) in [5.41, 5.74) is 5.84. The van der Waals surface area contributed by atoms with Crippen molar-refractivity contribution in [2.75, 3.05) is 0 Å². The Morgan fingerprint density at radius 1 is 0.700 bits per heavy atom. The highest BCUT2D eigenvalue weighted by Crippen LogP contribution is 2.25. The van der Waals surface area contributed by atoms with Gasteiger partial charge < -0.3 is 0 Å². The molecule has 3 rings (SSSR count). The van der Waals surface area contributed by atoms with Gasteiger partial charge in [-0.2, -0.15) is 0 Å². The van der Waals surface area contributed by atoms with Crippen LogP contribution in [0.15, 0.2) is 24.3 Å². The summed E-state index contributed by atoms with van der Waals surface area (Å²) in [6, 6.07) is 7.88. The largest absolute Gasteiger partial charge is 0.115 e. The van der Waals surface area contributed by atoms with Gasteiger partial charge in [0.2, 0.25) is 0 Å². The van der Waals surface area contributed by atoms with Crippen LogP contribution in [0.4, 0.5) is 0 Å². The highest BCUT2D eigenvalue weighted by molar-refractivity contribution is 6.49. The third-order valence-electron chi connectivity index (χ3n) is 4.40. The predicted octanol–water partition coefficient (Wildman–Crippen LogP) is 1.30. The summed E-state index contributed by atoms with van der Waals surface area (Å²) in [7, 11) is 18.6. The first-order valence-corrected chi connectivity index (χ1v) is 6.68. The van der Waals surface area contributed by atoms with Crippen molar-refractivity contribution < 1.29 is 0 Å². The number of aryl methyl sites for hydroxylation is 1. The van der Waals surface area contributed by atoms with Crippen LogP contribution < -0.4 is 16.4 Å². The van der Waals surface area contributed by atoms with Gasteiger partial charge in [-0.25, -0.2) is 0 Å². The lowest BCUT2D eigenvalue weighted by atomic mass is 9.75. The minimum Gasteiger partial charge on any atom is -0.0960 e. The van der Waals surface area contributed by atoms with Crippen LogP contribution in [0, 0.1) is 20.8 Å². The Bertz CT molecular complexity index is 864. The lowest BCUT2D eigenvalue weighted by molar-refractivity contribution is 1.32. The molecule has 3 aromatic carbocycles. The van der Waals surface area contributed by atoms with Crippen LogP contribution >= 0.6 is 0 Å². The molecule has 0 saturated carbocycles. The van der Waals surface area contributed by atoms with Crippen molar-refractivity contribution in [1.82, 2.24) is 0 Å². The maximum atomic E-state index is 6.40. The fourth-order valence-electron chi connectivity index (χ4n) is 2.94. The highest BCUT2D eigenvalue weighted by Gasteiger charge is 2.12. The van der Waals surface area contributed by atoms with E-state index in [-0.39, 0.29) is 0 Å². The molecule has 0 aliphatic carbocycles. The average molecular weight is 250 g/mol. The van der Waals surface area contributed by atoms with Crippen LogP contribution in [-0.2, 0) is 0 Å². The molecule has 0 heterocycles. The first-order valence-electron chi connectivity index (χ1n) is 6.68. The van der Waals surface area contributed by atoms with Gasteiger partial charge >= 0.3 is 0 Å². The number of fused-ring (bicyclic) bond motifs is 2. The van der Waals surface area contributed by atoms with Gasteiger partial charge in [-0.05, 0) is 59.5 Å². The van der Waals surface area contributed by atoms with Crippen LogP contribution in [0.1, 0.15) is 16.7 Å². The van der Waals surface area contributed by atoms with E-state index in [4.69, 9.17) is 23.5 Å². The maximum absolute atomic E-state index is 6.40. The lowest BCUT2D eigenvalue weighted by Gasteiger charge is -2.18. The molecule has 20 heavy (non-hydrogen) atoms. The second-order valence-corrected chi connectivity index (χ2v) is 5.48. The van der Waals surface area contributed by atoms with Crippen LogP contribution in [0.5, 0.6) is 0 Å². The molecule has 0 N–H and O–H groups in total. The summed E-state index contributed by atoms with van der Waals surface area (Å²) < 4.78 is 0. The van der Waals surface area contributed by atoms with Gasteiger partial charge in [-0.1, -0.05) is 40.2 Å². The van der Waals surface area contributed by atoms with Crippen molar-refractivity contribution in [2.24, 2.45) is 0 Å². The topological polar surface area (TPSA) is 0 Å². The fourth-order valence-corrected chi connectivity index (χ4v) is 2.94. The Labute approximate surface area is 123 Å². The van der Waals surface area contributed by atoms with Gasteiger partial charge in [0.15, 0.2) is 0 Å². The molecule has 0 bridgehead atoms. The van der Waals surface area contributed by atoms with E-state index < -0.39 is 0 Å². The van der Waals surface area contributed by atoms with E-state index >= 15 is 0 Å². The van der Waals surface area contributed by atoms with E-state index in [0.717, 1.165) is 43.5 Å². The van der Waals surface area contributed by atoms with Gasteiger partial charge in [0.05, 0.1) is 0 Å². The van der Waals surface area contributed by atoms with E-state index in [0.29, 0.717) is 0 Å². The highest BCUT2D eigenvalue weighted by atomic mass is 14.1. The zero-order chi connectivity index (χ0) is 14.6.